The first-order chi connectivity index (χ1) is 5.43. The molecule has 0 bridgehead atoms. The average Bonchev–Trinajstić information content (AvgIpc) is 1.94. The Morgan fingerprint density at radius 1 is 1.00 bits per heavy atom. The van der Waals surface area contributed by atoms with E-state index < -0.39 is 0 Å². The zero-order valence-electron chi connectivity index (χ0n) is 6.79. The van der Waals surface area contributed by atoms with Gasteiger partial charge in [-0.3, -0.25) is 0 Å². The van der Waals surface area contributed by atoms with E-state index in [4.69, 9.17) is 5.53 Å². The number of azide groups is 1. The Hall–Kier alpha value is -0.690. The van der Waals surface area contributed by atoms with Crippen molar-refractivity contribution in [3.63, 3.8) is 0 Å². The largest absolute Gasteiger partial charge is 0.0866 e. The lowest BCUT2D eigenvalue weighted by atomic mass is 9.97. The Balaban J connectivity index is 2.31. The highest BCUT2D eigenvalue weighted by Gasteiger charge is 2.08. The lowest BCUT2D eigenvalue weighted by Crippen LogP contribution is -1.97. The number of hydrogen-bond donors (Lipinski definition) is 0. The standard InChI is InChI=1S/C8H14N3/c9-11-10-8-6-4-2-1-3-5-7-8/h1-7H2. The van der Waals surface area contributed by atoms with Crippen LogP contribution in [0.15, 0.2) is 5.11 Å². The van der Waals surface area contributed by atoms with Crippen LogP contribution in [-0.2, 0) is 0 Å². The number of hydrogen-bond acceptors (Lipinski definition) is 1. The molecule has 0 saturated heterocycles. The minimum absolute atomic E-state index is 1.02. The van der Waals surface area contributed by atoms with E-state index in [1.165, 1.54) is 32.1 Å². The molecule has 0 N–H and O–H groups in total. The van der Waals surface area contributed by atoms with Gasteiger partial charge in [0.15, 0.2) is 0 Å². The van der Waals surface area contributed by atoms with Crippen LogP contribution in [0.3, 0.4) is 0 Å². The summed E-state index contributed by atoms with van der Waals surface area (Å²) in [7, 11) is 0. The van der Waals surface area contributed by atoms with Gasteiger partial charge < -0.3 is 0 Å². The Morgan fingerprint density at radius 3 is 2.09 bits per heavy atom. The van der Waals surface area contributed by atoms with Gasteiger partial charge in [-0.1, -0.05) is 37.2 Å². The van der Waals surface area contributed by atoms with E-state index in [0.717, 1.165) is 18.9 Å². The molecule has 1 radical (unpaired) electrons. The fourth-order valence-electron chi connectivity index (χ4n) is 1.48. The van der Waals surface area contributed by atoms with Gasteiger partial charge in [-0.15, -0.1) is 0 Å². The summed E-state index contributed by atoms with van der Waals surface area (Å²) in [6.45, 7) is 0. The molecule has 0 aromatic heterocycles. The molecule has 0 aliphatic heterocycles. The second-order valence-electron chi connectivity index (χ2n) is 3.02. The summed E-state index contributed by atoms with van der Waals surface area (Å²) in [6.07, 6.45) is 8.38. The predicted octanol–water partition coefficient (Wildman–Crippen LogP) is 3.57. The van der Waals surface area contributed by atoms with Crippen LogP contribution in [0.4, 0.5) is 0 Å². The van der Waals surface area contributed by atoms with Crippen LogP contribution >= 0.6 is 0 Å². The van der Waals surface area contributed by atoms with Crippen molar-refractivity contribution in [1.29, 1.82) is 0 Å². The molecule has 61 valence electrons. The second kappa shape index (κ2) is 5.03. The maximum absolute atomic E-state index is 8.22. The topological polar surface area (TPSA) is 48.8 Å². The molecule has 0 spiro atoms. The molecule has 1 aliphatic rings. The van der Waals surface area contributed by atoms with E-state index in [1.54, 1.807) is 0 Å². The zero-order chi connectivity index (χ0) is 7.94. The van der Waals surface area contributed by atoms with Crippen LogP contribution in [0.1, 0.15) is 44.9 Å². The van der Waals surface area contributed by atoms with E-state index in [1.807, 2.05) is 0 Å². The molecule has 0 heterocycles. The first-order valence-corrected chi connectivity index (χ1v) is 4.33. The van der Waals surface area contributed by atoms with Gasteiger partial charge in [0.05, 0.1) is 6.04 Å². The normalized spacial score (nSPS) is 21.5. The third-order valence-electron chi connectivity index (χ3n) is 2.12. The Morgan fingerprint density at radius 2 is 1.55 bits per heavy atom. The molecule has 3 heteroatoms. The first kappa shape index (κ1) is 8.41. The van der Waals surface area contributed by atoms with E-state index >= 15 is 0 Å². The quantitative estimate of drug-likeness (QED) is 0.313. The van der Waals surface area contributed by atoms with Crippen molar-refractivity contribution < 1.29 is 0 Å². The Bertz CT molecular complexity index is 141. The van der Waals surface area contributed by atoms with E-state index in [0.29, 0.717) is 0 Å². The van der Waals surface area contributed by atoms with E-state index in [9.17, 15) is 0 Å². The molecule has 1 fully saturated rings. The maximum atomic E-state index is 8.22. The van der Waals surface area contributed by atoms with Gasteiger partial charge in [-0.25, -0.2) is 0 Å². The van der Waals surface area contributed by atoms with Crippen molar-refractivity contribution in [3.8, 4) is 0 Å². The highest BCUT2D eigenvalue weighted by atomic mass is 15.1. The lowest BCUT2D eigenvalue weighted by molar-refractivity contribution is 0.522. The number of rotatable bonds is 1. The lowest BCUT2D eigenvalue weighted by Gasteiger charge is -2.13. The molecule has 0 amide bonds. The van der Waals surface area contributed by atoms with Gasteiger partial charge >= 0.3 is 0 Å². The van der Waals surface area contributed by atoms with Crippen LogP contribution in [0.5, 0.6) is 0 Å². The summed E-state index contributed by atoms with van der Waals surface area (Å²) >= 11 is 0. The minimum atomic E-state index is 1.02. The second-order valence-corrected chi connectivity index (χ2v) is 3.02. The van der Waals surface area contributed by atoms with E-state index in [2.05, 4.69) is 10.0 Å². The molecule has 1 aliphatic carbocycles. The van der Waals surface area contributed by atoms with Crippen LogP contribution in [0, 0.1) is 6.04 Å². The van der Waals surface area contributed by atoms with Crippen LogP contribution in [0.2, 0.25) is 0 Å². The van der Waals surface area contributed by atoms with Crippen molar-refractivity contribution >= 4 is 0 Å². The molecule has 3 nitrogen and oxygen atoms in total. The molecule has 0 aromatic carbocycles. The van der Waals surface area contributed by atoms with Crippen LogP contribution in [-0.4, -0.2) is 0 Å². The molecular weight excluding hydrogens is 138 g/mol. The number of nitrogens with zero attached hydrogens (tertiary/aromatic N) is 3. The van der Waals surface area contributed by atoms with Gasteiger partial charge in [0.2, 0.25) is 0 Å². The predicted molar refractivity (Wildman–Crippen MR) is 44.7 cm³/mol. The molecular formula is C8H14N3. The van der Waals surface area contributed by atoms with Crippen LogP contribution in [0.25, 0.3) is 10.4 Å². The van der Waals surface area contributed by atoms with Crippen molar-refractivity contribution in [2.75, 3.05) is 0 Å². The summed E-state index contributed by atoms with van der Waals surface area (Å²) < 4.78 is 0. The van der Waals surface area contributed by atoms with Crippen LogP contribution < -0.4 is 0 Å². The fraction of sp³-hybridized carbons (Fsp3) is 0.875. The maximum Gasteiger partial charge on any atom is 0.0600 e. The third-order valence-corrected chi connectivity index (χ3v) is 2.12. The Kier molecular flexibility index (Phi) is 3.84. The summed E-state index contributed by atoms with van der Waals surface area (Å²) in [5.41, 5.74) is 8.22. The highest BCUT2D eigenvalue weighted by Crippen LogP contribution is 2.24. The molecule has 0 unspecified atom stereocenters. The van der Waals surface area contributed by atoms with Crippen molar-refractivity contribution in [2.24, 2.45) is 5.11 Å². The Labute approximate surface area is 67.4 Å². The molecule has 1 rings (SSSR count). The zero-order valence-corrected chi connectivity index (χ0v) is 6.79. The summed E-state index contributed by atoms with van der Waals surface area (Å²) in [4.78, 5) is 2.82. The van der Waals surface area contributed by atoms with Crippen molar-refractivity contribution in [3.05, 3.63) is 16.5 Å². The smallest absolute Gasteiger partial charge is 0.0600 e. The average molecular weight is 152 g/mol. The van der Waals surface area contributed by atoms with Crippen molar-refractivity contribution in [1.82, 2.24) is 0 Å². The highest BCUT2D eigenvalue weighted by molar-refractivity contribution is 4.87. The summed E-state index contributed by atoms with van der Waals surface area (Å²) in [5, 5.41) is 3.68. The summed E-state index contributed by atoms with van der Waals surface area (Å²) in [5.74, 6) is 0. The molecule has 0 aromatic rings. The fourth-order valence-corrected chi connectivity index (χ4v) is 1.48. The SMILES string of the molecule is [N-]=[N+]=N[C]1CCCCCCC1. The minimum Gasteiger partial charge on any atom is -0.0866 e. The monoisotopic (exact) mass is 152 g/mol. The van der Waals surface area contributed by atoms with Gasteiger partial charge in [-0.2, -0.15) is 0 Å². The molecule has 11 heavy (non-hydrogen) atoms. The molecule has 0 atom stereocenters. The van der Waals surface area contributed by atoms with Crippen molar-refractivity contribution in [2.45, 2.75) is 44.9 Å². The first-order valence-electron chi connectivity index (χ1n) is 4.33. The van der Waals surface area contributed by atoms with Gasteiger partial charge in [0.1, 0.15) is 0 Å². The third kappa shape index (κ3) is 3.28. The van der Waals surface area contributed by atoms with E-state index in [-0.39, 0.29) is 0 Å². The molecule has 1 saturated carbocycles. The van der Waals surface area contributed by atoms with Gasteiger partial charge in [0.25, 0.3) is 0 Å². The van der Waals surface area contributed by atoms with Gasteiger partial charge in [0, 0.05) is 4.91 Å². The summed E-state index contributed by atoms with van der Waals surface area (Å²) in [6, 6.07) is 1.06. The van der Waals surface area contributed by atoms with Gasteiger partial charge in [-0.05, 0) is 18.4 Å².